The second-order valence-electron chi connectivity index (χ2n) is 2.31. The number of halogens is 1. The van der Waals surface area contributed by atoms with E-state index >= 15 is 0 Å². The molecule has 0 saturated heterocycles. The van der Waals surface area contributed by atoms with Crippen molar-refractivity contribution in [3.63, 3.8) is 0 Å². The molecule has 1 aromatic rings. The highest BCUT2D eigenvalue weighted by atomic mass is 35.5. The van der Waals surface area contributed by atoms with Crippen LogP contribution in [0.1, 0.15) is 22.8 Å². The molecule has 0 saturated carbocycles. The summed E-state index contributed by atoms with van der Waals surface area (Å²) in [4.78, 5) is 10.5. The van der Waals surface area contributed by atoms with E-state index in [9.17, 15) is 4.79 Å². The molecule has 0 fully saturated rings. The van der Waals surface area contributed by atoms with Crippen molar-refractivity contribution in [3.8, 4) is 0 Å². The van der Waals surface area contributed by atoms with Crippen LogP contribution in [0.25, 0.3) is 0 Å². The average molecular weight is 169 g/mol. The minimum absolute atomic E-state index is 0.615. The van der Waals surface area contributed by atoms with E-state index < -0.39 is 0 Å². The number of aldehydes is 1. The summed E-state index contributed by atoms with van der Waals surface area (Å²) in [7, 11) is 0. The Balaban J connectivity index is 3.16. The molecule has 0 amide bonds. The van der Waals surface area contributed by atoms with Gasteiger partial charge in [-0.05, 0) is 24.1 Å². The van der Waals surface area contributed by atoms with Gasteiger partial charge in [0.15, 0.2) is 0 Å². The van der Waals surface area contributed by atoms with E-state index in [4.69, 9.17) is 11.6 Å². The van der Waals surface area contributed by atoms with Crippen molar-refractivity contribution >= 4 is 17.9 Å². The standard InChI is InChI=1S/C9H9ClO/c1-2-7-3-4-9(10)5-8(7)6-11/h3-6H,2H2,1H3. The maximum absolute atomic E-state index is 10.5. The molecule has 1 rings (SSSR count). The summed E-state index contributed by atoms with van der Waals surface area (Å²) in [6.07, 6.45) is 1.70. The molecule has 58 valence electrons. The Morgan fingerprint density at radius 3 is 2.82 bits per heavy atom. The average Bonchev–Trinajstić information content (AvgIpc) is 2.04. The van der Waals surface area contributed by atoms with Crippen LogP contribution >= 0.6 is 11.6 Å². The van der Waals surface area contributed by atoms with Crippen molar-refractivity contribution in [2.45, 2.75) is 13.3 Å². The van der Waals surface area contributed by atoms with Gasteiger partial charge in [-0.3, -0.25) is 4.79 Å². The zero-order chi connectivity index (χ0) is 8.27. The topological polar surface area (TPSA) is 17.1 Å². The Hall–Kier alpha value is -0.820. The fourth-order valence-electron chi connectivity index (χ4n) is 0.997. The zero-order valence-electron chi connectivity index (χ0n) is 6.30. The number of hydrogen-bond donors (Lipinski definition) is 0. The SMILES string of the molecule is CCc1ccc(Cl)cc1C=O. The molecule has 11 heavy (non-hydrogen) atoms. The molecular formula is C9H9ClO. The third-order valence-electron chi connectivity index (χ3n) is 1.62. The highest BCUT2D eigenvalue weighted by molar-refractivity contribution is 6.30. The molecule has 1 nitrogen and oxygen atoms in total. The van der Waals surface area contributed by atoms with Gasteiger partial charge in [-0.2, -0.15) is 0 Å². The van der Waals surface area contributed by atoms with Gasteiger partial charge in [0.25, 0.3) is 0 Å². The van der Waals surface area contributed by atoms with Crippen LogP contribution in [0.3, 0.4) is 0 Å². The van der Waals surface area contributed by atoms with Crippen molar-refractivity contribution < 1.29 is 4.79 Å². The maximum Gasteiger partial charge on any atom is 0.150 e. The molecule has 0 aliphatic carbocycles. The number of aryl methyl sites for hydroxylation is 1. The van der Waals surface area contributed by atoms with Crippen molar-refractivity contribution in [2.24, 2.45) is 0 Å². The Morgan fingerprint density at radius 1 is 1.55 bits per heavy atom. The number of carbonyl (C=O) groups excluding carboxylic acids is 1. The summed E-state index contributed by atoms with van der Waals surface area (Å²) in [6, 6.07) is 5.37. The minimum Gasteiger partial charge on any atom is -0.298 e. The summed E-state index contributed by atoms with van der Waals surface area (Å²) in [5.74, 6) is 0. The smallest absolute Gasteiger partial charge is 0.150 e. The van der Waals surface area contributed by atoms with Gasteiger partial charge < -0.3 is 0 Å². The first-order valence-electron chi connectivity index (χ1n) is 3.51. The lowest BCUT2D eigenvalue weighted by Gasteiger charge is -2.00. The van der Waals surface area contributed by atoms with Crippen LogP contribution in [-0.4, -0.2) is 6.29 Å². The number of carbonyl (C=O) groups is 1. The first kappa shape index (κ1) is 8.28. The maximum atomic E-state index is 10.5. The molecule has 0 aliphatic rings. The van der Waals surface area contributed by atoms with Crippen molar-refractivity contribution in [3.05, 3.63) is 34.3 Å². The summed E-state index contributed by atoms with van der Waals surface area (Å²) in [6.45, 7) is 2.01. The summed E-state index contributed by atoms with van der Waals surface area (Å²) in [5.41, 5.74) is 1.74. The van der Waals surface area contributed by atoms with Crippen LogP contribution in [0.15, 0.2) is 18.2 Å². The van der Waals surface area contributed by atoms with Crippen LogP contribution in [0.4, 0.5) is 0 Å². The second-order valence-corrected chi connectivity index (χ2v) is 2.75. The molecule has 0 N–H and O–H groups in total. The molecule has 0 spiro atoms. The third kappa shape index (κ3) is 1.81. The van der Waals surface area contributed by atoms with Gasteiger partial charge in [0.05, 0.1) is 0 Å². The van der Waals surface area contributed by atoms with Crippen LogP contribution in [-0.2, 0) is 6.42 Å². The van der Waals surface area contributed by atoms with E-state index in [-0.39, 0.29) is 0 Å². The minimum atomic E-state index is 0.615. The molecule has 2 heteroatoms. The van der Waals surface area contributed by atoms with Crippen molar-refractivity contribution in [2.75, 3.05) is 0 Å². The first-order chi connectivity index (χ1) is 5.27. The predicted molar refractivity (Wildman–Crippen MR) is 46.2 cm³/mol. The quantitative estimate of drug-likeness (QED) is 0.621. The van der Waals surface area contributed by atoms with E-state index in [1.54, 1.807) is 12.1 Å². The molecular weight excluding hydrogens is 160 g/mol. The van der Waals surface area contributed by atoms with Crippen LogP contribution in [0.5, 0.6) is 0 Å². The third-order valence-corrected chi connectivity index (χ3v) is 1.85. The molecule has 0 radical (unpaired) electrons. The second kappa shape index (κ2) is 3.54. The van der Waals surface area contributed by atoms with Gasteiger partial charge >= 0.3 is 0 Å². The molecule has 0 aliphatic heterocycles. The Labute approximate surface area is 71.0 Å². The van der Waals surface area contributed by atoms with Gasteiger partial charge in [0.1, 0.15) is 6.29 Å². The van der Waals surface area contributed by atoms with Gasteiger partial charge in [0.2, 0.25) is 0 Å². The van der Waals surface area contributed by atoms with Crippen LogP contribution in [0.2, 0.25) is 5.02 Å². The molecule has 0 atom stereocenters. The first-order valence-corrected chi connectivity index (χ1v) is 3.89. The molecule has 0 unspecified atom stereocenters. The lowest BCUT2D eigenvalue weighted by molar-refractivity contribution is 0.112. The number of rotatable bonds is 2. The normalized spacial score (nSPS) is 9.64. The predicted octanol–water partition coefficient (Wildman–Crippen LogP) is 2.71. The fraction of sp³-hybridized carbons (Fsp3) is 0.222. The molecule has 1 aromatic carbocycles. The lowest BCUT2D eigenvalue weighted by atomic mass is 10.1. The monoisotopic (exact) mass is 168 g/mol. The van der Waals surface area contributed by atoms with Gasteiger partial charge in [-0.25, -0.2) is 0 Å². The molecule has 0 aromatic heterocycles. The molecule has 0 heterocycles. The van der Waals surface area contributed by atoms with Crippen LogP contribution in [0, 0.1) is 0 Å². The van der Waals surface area contributed by atoms with Gasteiger partial charge in [-0.15, -0.1) is 0 Å². The summed E-state index contributed by atoms with van der Waals surface area (Å²) < 4.78 is 0. The van der Waals surface area contributed by atoms with Crippen molar-refractivity contribution in [1.82, 2.24) is 0 Å². The van der Waals surface area contributed by atoms with E-state index in [1.807, 2.05) is 13.0 Å². The van der Waals surface area contributed by atoms with E-state index in [2.05, 4.69) is 0 Å². The summed E-state index contributed by atoms with van der Waals surface area (Å²) in [5, 5.41) is 0.615. The fourth-order valence-corrected chi connectivity index (χ4v) is 1.18. The molecule has 0 bridgehead atoms. The van der Waals surface area contributed by atoms with Gasteiger partial charge in [-0.1, -0.05) is 24.6 Å². The van der Waals surface area contributed by atoms with Crippen LogP contribution < -0.4 is 0 Å². The van der Waals surface area contributed by atoms with Gasteiger partial charge in [0, 0.05) is 10.6 Å². The Bertz CT molecular complexity index is 268. The Morgan fingerprint density at radius 2 is 2.27 bits per heavy atom. The highest BCUT2D eigenvalue weighted by Gasteiger charge is 1.98. The van der Waals surface area contributed by atoms with E-state index in [0.717, 1.165) is 18.3 Å². The van der Waals surface area contributed by atoms with E-state index in [0.29, 0.717) is 10.6 Å². The van der Waals surface area contributed by atoms with E-state index in [1.165, 1.54) is 0 Å². The summed E-state index contributed by atoms with van der Waals surface area (Å²) >= 11 is 5.69. The zero-order valence-corrected chi connectivity index (χ0v) is 7.06. The largest absolute Gasteiger partial charge is 0.298 e. The van der Waals surface area contributed by atoms with Crippen molar-refractivity contribution in [1.29, 1.82) is 0 Å². The lowest BCUT2D eigenvalue weighted by Crippen LogP contribution is -1.89. The number of hydrogen-bond acceptors (Lipinski definition) is 1. The highest BCUT2D eigenvalue weighted by Crippen LogP contribution is 2.14. The number of benzene rings is 1. The Kier molecular flexibility index (Phi) is 2.66.